The maximum atomic E-state index is 12.3. The van der Waals surface area contributed by atoms with Crippen molar-refractivity contribution in [3.63, 3.8) is 0 Å². The van der Waals surface area contributed by atoms with Gasteiger partial charge in [0.15, 0.2) is 6.10 Å². The summed E-state index contributed by atoms with van der Waals surface area (Å²) in [5, 5.41) is 2.74. The lowest BCUT2D eigenvalue weighted by Crippen LogP contribution is -2.30. The van der Waals surface area contributed by atoms with Crippen molar-refractivity contribution in [3.05, 3.63) is 58.1 Å². The lowest BCUT2D eigenvalue weighted by Gasteiger charge is -2.15. The first-order valence-corrected chi connectivity index (χ1v) is 9.21. The molecule has 0 saturated heterocycles. The van der Waals surface area contributed by atoms with E-state index in [0.29, 0.717) is 23.6 Å². The molecule has 1 amide bonds. The second kappa shape index (κ2) is 9.38. The zero-order valence-electron chi connectivity index (χ0n) is 15.0. The molecule has 26 heavy (non-hydrogen) atoms. The molecule has 0 heterocycles. The largest absolute Gasteiger partial charge is 0.494 e. The van der Waals surface area contributed by atoms with E-state index in [-0.39, 0.29) is 0 Å². The van der Waals surface area contributed by atoms with E-state index in [1.807, 2.05) is 26.0 Å². The molecule has 2 rings (SSSR count). The maximum Gasteiger partial charge on any atom is 0.338 e. The van der Waals surface area contributed by atoms with Crippen molar-refractivity contribution < 1.29 is 19.1 Å². The van der Waals surface area contributed by atoms with E-state index >= 15 is 0 Å². The molecule has 0 fully saturated rings. The van der Waals surface area contributed by atoms with Gasteiger partial charge in [0.1, 0.15) is 5.75 Å². The third-order valence-electron chi connectivity index (χ3n) is 3.60. The zero-order valence-corrected chi connectivity index (χ0v) is 16.6. The normalized spacial score (nSPS) is 11.5. The zero-order chi connectivity index (χ0) is 19.1. The number of esters is 1. The lowest BCUT2D eigenvalue weighted by molar-refractivity contribution is -0.123. The summed E-state index contributed by atoms with van der Waals surface area (Å²) in [6.07, 6.45) is -0.0141. The van der Waals surface area contributed by atoms with Crippen LogP contribution in [0.25, 0.3) is 0 Å². The first-order valence-electron chi connectivity index (χ1n) is 8.41. The van der Waals surface area contributed by atoms with Crippen LogP contribution in [0.2, 0.25) is 0 Å². The highest BCUT2D eigenvalue weighted by Gasteiger charge is 2.19. The molecule has 5 nitrogen and oxygen atoms in total. The van der Waals surface area contributed by atoms with Crippen molar-refractivity contribution in [2.24, 2.45) is 0 Å². The van der Waals surface area contributed by atoms with E-state index < -0.39 is 18.0 Å². The number of benzene rings is 2. The molecule has 1 N–H and O–H groups in total. The number of halogens is 1. The Morgan fingerprint density at radius 2 is 1.85 bits per heavy atom. The Balaban J connectivity index is 1.94. The molecular formula is C20H22BrNO4. The fraction of sp³-hybridized carbons (Fsp3) is 0.300. The molecular weight excluding hydrogens is 398 g/mol. The maximum absolute atomic E-state index is 12.3. The second-order valence-corrected chi connectivity index (χ2v) is 6.75. The van der Waals surface area contributed by atoms with Crippen LogP contribution < -0.4 is 10.1 Å². The van der Waals surface area contributed by atoms with Gasteiger partial charge in [0.25, 0.3) is 5.91 Å². The van der Waals surface area contributed by atoms with Gasteiger partial charge in [0.2, 0.25) is 0 Å². The first kappa shape index (κ1) is 20.0. The molecule has 2 aromatic rings. The molecule has 0 aliphatic heterocycles. The molecule has 0 aromatic heterocycles. The number of hydrogen-bond acceptors (Lipinski definition) is 4. The van der Waals surface area contributed by atoms with Gasteiger partial charge in [-0.15, -0.1) is 0 Å². The second-order valence-electron chi connectivity index (χ2n) is 5.89. The summed E-state index contributed by atoms with van der Waals surface area (Å²) in [5.41, 5.74) is 2.06. The van der Waals surface area contributed by atoms with Crippen molar-refractivity contribution in [1.82, 2.24) is 0 Å². The third-order valence-corrected chi connectivity index (χ3v) is 4.25. The van der Waals surface area contributed by atoms with Crippen LogP contribution >= 0.6 is 15.9 Å². The molecule has 1 atom stereocenters. The molecule has 0 bridgehead atoms. The van der Waals surface area contributed by atoms with Crippen LogP contribution in [0.1, 0.15) is 36.2 Å². The molecule has 6 heteroatoms. The summed E-state index contributed by atoms with van der Waals surface area (Å²) in [6, 6.07) is 12.2. The van der Waals surface area contributed by atoms with Crippen molar-refractivity contribution in [3.8, 4) is 5.75 Å². The van der Waals surface area contributed by atoms with Gasteiger partial charge in [0, 0.05) is 4.47 Å². The molecule has 2 aromatic carbocycles. The van der Waals surface area contributed by atoms with Crippen molar-refractivity contribution in [1.29, 1.82) is 0 Å². The van der Waals surface area contributed by atoms with E-state index in [1.165, 1.54) is 6.92 Å². The highest BCUT2D eigenvalue weighted by Crippen LogP contribution is 2.23. The Morgan fingerprint density at radius 1 is 1.15 bits per heavy atom. The smallest absolute Gasteiger partial charge is 0.338 e. The van der Waals surface area contributed by atoms with Gasteiger partial charge in [-0.1, -0.05) is 13.0 Å². The van der Waals surface area contributed by atoms with Crippen LogP contribution in [0.3, 0.4) is 0 Å². The van der Waals surface area contributed by atoms with Gasteiger partial charge in [-0.25, -0.2) is 4.79 Å². The minimum atomic E-state index is -0.924. The standard InChI is InChI=1S/C20H22BrNO4/c1-4-11-25-16-8-6-15(7-9-16)20(24)26-14(3)19(23)22-18-10-5-13(2)12-17(18)21/h5-10,12,14H,4,11H2,1-3H3,(H,22,23)/t14-/m0/s1. The van der Waals surface area contributed by atoms with Crippen LogP contribution in [-0.2, 0) is 9.53 Å². The van der Waals surface area contributed by atoms with Gasteiger partial charge in [-0.2, -0.15) is 0 Å². The molecule has 0 aliphatic rings. The number of nitrogens with one attached hydrogen (secondary N) is 1. The van der Waals surface area contributed by atoms with Gasteiger partial charge in [0.05, 0.1) is 17.9 Å². The minimum Gasteiger partial charge on any atom is -0.494 e. The molecule has 0 saturated carbocycles. The predicted molar refractivity (Wildman–Crippen MR) is 105 cm³/mol. The minimum absolute atomic E-state index is 0.366. The third kappa shape index (κ3) is 5.59. The van der Waals surface area contributed by atoms with E-state index in [4.69, 9.17) is 9.47 Å². The number of carbonyl (C=O) groups excluding carboxylic acids is 2. The van der Waals surface area contributed by atoms with E-state index in [9.17, 15) is 9.59 Å². The van der Waals surface area contributed by atoms with Crippen molar-refractivity contribution in [2.45, 2.75) is 33.3 Å². The van der Waals surface area contributed by atoms with E-state index in [2.05, 4.69) is 21.2 Å². The Hall–Kier alpha value is -2.34. The van der Waals surface area contributed by atoms with Gasteiger partial charge in [-0.3, -0.25) is 4.79 Å². The van der Waals surface area contributed by atoms with Crippen LogP contribution in [-0.4, -0.2) is 24.6 Å². The molecule has 0 aliphatic carbocycles. The highest BCUT2D eigenvalue weighted by atomic mass is 79.9. The fourth-order valence-corrected chi connectivity index (χ4v) is 2.74. The summed E-state index contributed by atoms with van der Waals surface area (Å²) in [6.45, 7) is 6.14. The van der Waals surface area contributed by atoms with Gasteiger partial charge in [-0.05, 0) is 78.2 Å². The summed E-state index contributed by atoms with van der Waals surface area (Å²) in [7, 11) is 0. The number of ether oxygens (including phenoxy) is 2. The average molecular weight is 420 g/mol. The summed E-state index contributed by atoms with van der Waals surface area (Å²) >= 11 is 3.40. The highest BCUT2D eigenvalue weighted by molar-refractivity contribution is 9.10. The Labute approximate surface area is 161 Å². The fourth-order valence-electron chi connectivity index (χ4n) is 2.15. The number of amides is 1. The van der Waals surface area contributed by atoms with Gasteiger partial charge >= 0.3 is 5.97 Å². The summed E-state index contributed by atoms with van der Waals surface area (Å²) in [4.78, 5) is 24.5. The van der Waals surface area contributed by atoms with Crippen molar-refractivity contribution in [2.75, 3.05) is 11.9 Å². The molecule has 0 radical (unpaired) electrons. The van der Waals surface area contributed by atoms with Crippen LogP contribution in [0, 0.1) is 6.92 Å². The molecule has 0 unspecified atom stereocenters. The van der Waals surface area contributed by atoms with Crippen LogP contribution in [0.5, 0.6) is 5.75 Å². The lowest BCUT2D eigenvalue weighted by atomic mass is 10.2. The number of aryl methyl sites for hydroxylation is 1. The predicted octanol–water partition coefficient (Wildman–Crippen LogP) is 4.73. The average Bonchev–Trinajstić information content (AvgIpc) is 2.62. The number of carbonyl (C=O) groups is 2. The topological polar surface area (TPSA) is 64.6 Å². The van der Waals surface area contributed by atoms with Crippen molar-refractivity contribution >= 4 is 33.5 Å². The SMILES string of the molecule is CCCOc1ccc(C(=O)O[C@@H](C)C(=O)Nc2ccc(C)cc2Br)cc1. The summed E-state index contributed by atoms with van der Waals surface area (Å²) < 4.78 is 11.5. The quantitative estimate of drug-likeness (QED) is 0.658. The van der Waals surface area contributed by atoms with Crippen LogP contribution in [0.4, 0.5) is 5.69 Å². The van der Waals surface area contributed by atoms with E-state index in [0.717, 1.165) is 16.5 Å². The Kier molecular flexibility index (Phi) is 7.21. The molecule has 138 valence electrons. The van der Waals surface area contributed by atoms with Gasteiger partial charge < -0.3 is 14.8 Å². The molecule has 0 spiro atoms. The van der Waals surface area contributed by atoms with E-state index in [1.54, 1.807) is 30.3 Å². The number of rotatable bonds is 7. The first-order chi connectivity index (χ1) is 12.4. The van der Waals surface area contributed by atoms with Crippen LogP contribution in [0.15, 0.2) is 46.9 Å². The number of hydrogen-bond donors (Lipinski definition) is 1. The Bertz CT molecular complexity index is 774. The summed E-state index contributed by atoms with van der Waals surface area (Å²) in [5.74, 6) is -0.262. The number of anilines is 1. The monoisotopic (exact) mass is 419 g/mol. The Morgan fingerprint density at radius 3 is 2.46 bits per heavy atom.